The molecule has 0 unspecified atom stereocenters. The van der Waals surface area contributed by atoms with Gasteiger partial charge in [-0.25, -0.2) is 4.98 Å². The number of ether oxygens (including phenoxy) is 2. The largest absolute Gasteiger partial charge is 0.497 e. The van der Waals surface area contributed by atoms with Crippen molar-refractivity contribution in [3.63, 3.8) is 0 Å². The van der Waals surface area contributed by atoms with Gasteiger partial charge in [-0.05, 0) is 12.1 Å². The van der Waals surface area contributed by atoms with E-state index in [2.05, 4.69) is 20.5 Å². The van der Waals surface area contributed by atoms with Gasteiger partial charge in [-0.1, -0.05) is 0 Å². The van der Waals surface area contributed by atoms with E-state index >= 15 is 0 Å². The maximum atomic E-state index is 12.0. The third-order valence-electron chi connectivity index (χ3n) is 2.29. The van der Waals surface area contributed by atoms with Crippen molar-refractivity contribution in [2.45, 2.75) is 0 Å². The second kappa shape index (κ2) is 5.17. The highest BCUT2D eigenvalue weighted by molar-refractivity contribution is 6.05. The van der Waals surface area contributed by atoms with Crippen LogP contribution in [0.4, 0.5) is 5.95 Å². The van der Waals surface area contributed by atoms with Crippen molar-refractivity contribution in [2.75, 3.05) is 19.5 Å². The first-order chi connectivity index (χ1) is 8.74. The molecular weight excluding hydrogens is 236 g/mol. The van der Waals surface area contributed by atoms with Gasteiger partial charge >= 0.3 is 0 Å². The molecule has 7 heteroatoms. The third-order valence-corrected chi connectivity index (χ3v) is 2.29. The minimum atomic E-state index is -0.353. The van der Waals surface area contributed by atoms with Gasteiger partial charge in [-0.3, -0.25) is 15.2 Å². The normalized spacial score (nSPS) is 9.89. The number of methoxy groups -OCH3 is 2. The Morgan fingerprint density at radius 1 is 1.33 bits per heavy atom. The van der Waals surface area contributed by atoms with E-state index in [1.807, 2.05) is 0 Å². The van der Waals surface area contributed by atoms with E-state index < -0.39 is 0 Å². The summed E-state index contributed by atoms with van der Waals surface area (Å²) in [6.07, 6.45) is 1.38. The fraction of sp³-hybridized carbons (Fsp3) is 0.182. The second-order valence-electron chi connectivity index (χ2n) is 3.34. The molecule has 2 N–H and O–H groups in total. The Labute approximate surface area is 103 Å². The first-order valence-corrected chi connectivity index (χ1v) is 5.13. The number of aromatic nitrogens is 3. The Balaban J connectivity index is 2.24. The van der Waals surface area contributed by atoms with Crippen molar-refractivity contribution in [1.29, 1.82) is 0 Å². The molecule has 0 aliphatic carbocycles. The summed E-state index contributed by atoms with van der Waals surface area (Å²) in [5.74, 6) is 0.885. The predicted molar refractivity (Wildman–Crippen MR) is 63.9 cm³/mol. The Morgan fingerprint density at radius 2 is 2.17 bits per heavy atom. The molecule has 1 amide bonds. The van der Waals surface area contributed by atoms with Gasteiger partial charge in [-0.15, -0.1) is 5.10 Å². The molecule has 1 heterocycles. The van der Waals surface area contributed by atoms with E-state index in [1.54, 1.807) is 25.3 Å². The molecular formula is C11H12N4O3. The molecule has 2 aromatic rings. The van der Waals surface area contributed by atoms with Crippen molar-refractivity contribution < 1.29 is 14.3 Å². The number of nitrogens with zero attached hydrogens (tertiary/aromatic N) is 2. The van der Waals surface area contributed by atoms with Gasteiger partial charge in [0.2, 0.25) is 5.95 Å². The summed E-state index contributed by atoms with van der Waals surface area (Å²) in [5.41, 5.74) is 0.378. The van der Waals surface area contributed by atoms with Crippen LogP contribution in [0.2, 0.25) is 0 Å². The highest BCUT2D eigenvalue weighted by atomic mass is 16.5. The van der Waals surface area contributed by atoms with Crippen LogP contribution < -0.4 is 14.8 Å². The molecule has 0 radical (unpaired) electrons. The van der Waals surface area contributed by atoms with Gasteiger partial charge in [0.15, 0.2) is 0 Å². The summed E-state index contributed by atoms with van der Waals surface area (Å²) < 4.78 is 10.2. The summed E-state index contributed by atoms with van der Waals surface area (Å²) in [7, 11) is 3.03. The lowest BCUT2D eigenvalue weighted by Gasteiger charge is -2.09. The molecule has 18 heavy (non-hydrogen) atoms. The Kier molecular flexibility index (Phi) is 3.42. The van der Waals surface area contributed by atoms with Crippen LogP contribution in [-0.4, -0.2) is 35.3 Å². The number of carbonyl (C=O) groups excluding carboxylic acids is 1. The zero-order valence-corrected chi connectivity index (χ0v) is 9.93. The molecule has 0 bridgehead atoms. The topological polar surface area (TPSA) is 89.1 Å². The number of hydrogen-bond acceptors (Lipinski definition) is 5. The van der Waals surface area contributed by atoms with Crippen molar-refractivity contribution in [3.8, 4) is 11.5 Å². The highest BCUT2D eigenvalue weighted by Gasteiger charge is 2.14. The van der Waals surface area contributed by atoms with Crippen molar-refractivity contribution in [3.05, 3.63) is 30.1 Å². The first kappa shape index (κ1) is 11.9. The lowest BCUT2D eigenvalue weighted by Crippen LogP contribution is -2.14. The first-order valence-electron chi connectivity index (χ1n) is 5.13. The summed E-state index contributed by atoms with van der Waals surface area (Å²) >= 11 is 0. The quantitative estimate of drug-likeness (QED) is 0.844. The maximum absolute atomic E-state index is 12.0. The molecule has 1 aromatic carbocycles. The van der Waals surface area contributed by atoms with Crippen LogP contribution in [0.3, 0.4) is 0 Å². The molecule has 0 saturated carbocycles. The van der Waals surface area contributed by atoms with E-state index in [0.717, 1.165) is 0 Å². The lowest BCUT2D eigenvalue weighted by molar-refractivity contribution is 0.102. The van der Waals surface area contributed by atoms with Crippen LogP contribution in [0.5, 0.6) is 11.5 Å². The van der Waals surface area contributed by atoms with E-state index in [4.69, 9.17) is 9.47 Å². The van der Waals surface area contributed by atoms with Crippen LogP contribution in [-0.2, 0) is 0 Å². The molecule has 2 rings (SSSR count). The molecule has 0 aliphatic heterocycles. The number of nitrogens with one attached hydrogen (secondary N) is 2. The Bertz CT molecular complexity index is 539. The second-order valence-corrected chi connectivity index (χ2v) is 3.34. The molecule has 1 aromatic heterocycles. The number of hydrogen-bond donors (Lipinski definition) is 2. The van der Waals surface area contributed by atoms with Crippen LogP contribution in [0.25, 0.3) is 0 Å². The van der Waals surface area contributed by atoms with Gasteiger partial charge in [0.1, 0.15) is 17.8 Å². The number of benzene rings is 1. The smallest absolute Gasteiger partial charge is 0.261 e. The summed E-state index contributed by atoms with van der Waals surface area (Å²) in [6, 6.07) is 4.92. The SMILES string of the molecule is COc1ccc(C(=O)Nc2nc[nH]n2)c(OC)c1. The number of rotatable bonds is 4. The Hall–Kier alpha value is -2.57. The van der Waals surface area contributed by atoms with Gasteiger partial charge in [0, 0.05) is 6.07 Å². The van der Waals surface area contributed by atoms with Crippen molar-refractivity contribution in [2.24, 2.45) is 0 Å². The number of H-pyrrole nitrogens is 1. The molecule has 0 fully saturated rings. The predicted octanol–water partition coefficient (Wildman–Crippen LogP) is 1.07. The number of carbonyl (C=O) groups is 1. The van der Waals surface area contributed by atoms with Crippen LogP contribution >= 0.6 is 0 Å². The van der Waals surface area contributed by atoms with Gasteiger partial charge in [-0.2, -0.15) is 0 Å². The lowest BCUT2D eigenvalue weighted by atomic mass is 10.2. The fourth-order valence-electron chi connectivity index (χ4n) is 1.42. The molecule has 94 valence electrons. The number of amides is 1. The molecule has 7 nitrogen and oxygen atoms in total. The molecule has 0 atom stereocenters. The van der Waals surface area contributed by atoms with Crippen LogP contribution in [0.1, 0.15) is 10.4 Å². The monoisotopic (exact) mass is 248 g/mol. The average Bonchev–Trinajstić information content (AvgIpc) is 2.90. The average molecular weight is 248 g/mol. The number of aromatic amines is 1. The molecule has 0 spiro atoms. The zero-order valence-electron chi connectivity index (χ0n) is 9.93. The van der Waals surface area contributed by atoms with E-state index in [9.17, 15) is 4.79 Å². The van der Waals surface area contributed by atoms with Crippen molar-refractivity contribution in [1.82, 2.24) is 15.2 Å². The fourth-order valence-corrected chi connectivity index (χ4v) is 1.42. The summed E-state index contributed by atoms with van der Waals surface area (Å²) in [4.78, 5) is 15.8. The van der Waals surface area contributed by atoms with Crippen LogP contribution in [0, 0.1) is 0 Å². The van der Waals surface area contributed by atoms with E-state index in [0.29, 0.717) is 17.1 Å². The van der Waals surface area contributed by atoms with Gasteiger partial charge in [0.05, 0.1) is 19.8 Å². The van der Waals surface area contributed by atoms with E-state index in [-0.39, 0.29) is 11.9 Å². The maximum Gasteiger partial charge on any atom is 0.261 e. The van der Waals surface area contributed by atoms with E-state index in [1.165, 1.54) is 13.4 Å². The molecule has 0 aliphatic rings. The van der Waals surface area contributed by atoms with Gasteiger partial charge < -0.3 is 9.47 Å². The van der Waals surface area contributed by atoms with Crippen molar-refractivity contribution >= 4 is 11.9 Å². The zero-order chi connectivity index (χ0) is 13.0. The number of anilines is 1. The summed E-state index contributed by atoms with van der Waals surface area (Å²) in [6.45, 7) is 0. The highest BCUT2D eigenvalue weighted by Crippen LogP contribution is 2.24. The Morgan fingerprint density at radius 3 is 2.78 bits per heavy atom. The third kappa shape index (κ3) is 2.40. The molecule has 0 saturated heterocycles. The minimum Gasteiger partial charge on any atom is -0.497 e. The van der Waals surface area contributed by atoms with Crippen LogP contribution in [0.15, 0.2) is 24.5 Å². The summed E-state index contributed by atoms with van der Waals surface area (Å²) in [5, 5.41) is 8.78. The standard InChI is InChI=1S/C11H12N4O3/c1-17-7-3-4-8(9(5-7)18-2)10(16)14-11-12-6-13-15-11/h3-6H,1-2H3,(H2,12,13,14,15,16). The minimum absolute atomic E-state index is 0.206. The van der Waals surface area contributed by atoms with Gasteiger partial charge in [0.25, 0.3) is 5.91 Å².